The van der Waals surface area contributed by atoms with Crippen molar-refractivity contribution >= 4 is 17.5 Å². The van der Waals surface area contributed by atoms with Crippen molar-refractivity contribution in [3.05, 3.63) is 65.2 Å². The third-order valence-electron chi connectivity index (χ3n) is 5.20. The van der Waals surface area contributed by atoms with Gasteiger partial charge in [-0.1, -0.05) is 48.5 Å². The third kappa shape index (κ3) is 5.67. The predicted octanol–water partition coefficient (Wildman–Crippen LogP) is 2.19. The van der Waals surface area contributed by atoms with E-state index in [9.17, 15) is 9.59 Å². The van der Waals surface area contributed by atoms with Crippen molar-refractivity contribution in [1.29, 1.82) is 0 Å². The fraction of sp³-hybridized carbons (Fsp3) is 0.391. The Morgan fingerprint density at radius 3 is 2.21 bits per heavy atom. The lowest BCUT2D eigenvalue weighted by molar-refractivity contribution is -0.886. The number of anilines is 1. The van der Waals surface area contributed by atoms with Crippen LogP contribution >= 0.6 is 0 Å². The molecule has 2 atom stereocenters. The molecule has 2 aromatic rings. The van der Waals surface area contributed by atoms with Crippen molar-refractivity contribution in [2.45, 2.75) is 40.3 Å². The van der Waals surface area contributed by atoms with E-state index in [-0.39, 0.29) is 24.4 Å². The summed E-state index contributed by atoms with van der Waals surface area (Å²) in [6.45, 7) is 9.29. The van der Waals surface area contributed by atoms with Crippen molar-refractivity contribution in [2.24, 2.45) is 0 Å². The molecule has 0 aromatic heterocycles. The SMILES string of the molecule is CCN(Cc1ccccc1)C(=O)[C@H](C)[NH+](C)CC(=O)Nc1c(C)cccc1C. The van der Waals surface area contributed by atoms with Crippen LogP contribution in [0.3, 0.4) is 0 Å². The number of nitrogens with one attached hydrogen (secondary N) is 2. The first kappa shape index (κ1) is 21.6. The van der Waals surface area contributed by atoms with Gasteiger partial charge in [0, 0.05) is 18.8 Å². The van der Waals surface area contributed by atoms with E-state index in [4.69, 9.17) is 0 Å². The molecule has 2 amide bonds. The first-order valence-corrected chi connectivity index (χ1v) is 9.84. The third-order valence-corrected chi connectivity index (χ3v) is 5.20. The Morgan fingerprint density at radius 1 is 1.04 bits per heavy atom. The van der Waals surface area contributed by atoms with Crippen LogP contribution in [-0.4, -0.2) is 42.9 Å². The van der Waals surface area contributed by atoms with Gasteiger partial charge >= 0.3 is 0 Å². The van der Waals surface area contributed by atoms with Gasteiger partial charge in [-0.25, -0.2) is 0 Å². The normalized spacial score (nSPS) is 12.9. The highest BCUT2D eigenvalue weighted by atomic mass is 16.2. The summed E-state index contributed by atoms with van der Waals surface area (Å²) in [5.74, 6) is -0.0237. The fourth-order valence-corrected chi connectivity index (χ4v) is 3.24. The molecule has 0 radical (unpaired) electrons. The molecule has 0 heterocycles. The van der Waals surface area contributed by atoms with E-state index in [1.165, 1.54) is 0 Å². The molecule has 0 bridgehead atoms. The number of carbonyl (C=O) groups excluding carboxylic acids is 2. The second-order valence-electron chi connectivity index (χ2n) is 7.40. The van der Waals surface area contributed by atoms with Gasteiger partial charge in [0.2, 0.25) is 0 Å². The largest absolute Gasteiger partial charge is 0.334 e. The quantitative estimate of drug-likeness (QED) is 0.735. The summed E-state index contributed by atoms with van der Waals surface area (Å²) in [4.78, 5) is 28.2. The number of hydrogen-bond donors (Lipinski definition) is 2. The number of hydrogen-bond acceptors (Lipinski definition) is 2. The molecular formula is C23H32N3O2+. The molecule has 0 fully saturated rings. The molecule has 2 rings (SSSR count). The molecule has 5 nitrogen and oxygen atoms in total. The molecule has 0 aliphatic carbocycles. The van der Waals surface area contributed by atoms with Crippen molar-refractivity contribution in [2.75, 3.05) is 25.5 Å². The molecule has 1 unspecified atom stereocenters. The van der Waals surface area contributed by atoms with Crippen LogP contribution in [0.1, 0.15) is 30.5 Å². The van der Waals surface area contributed by atoms with Crippen molar-refractivity contribution in [3.8, 4) is 0 Å². The number of aryl methyl sites for hydroxylation is 2. The zero-order valence-electron chi connectivity index (χ0n) is 17.6. The van der Waals surface area contributed by atoms with Crippen LogP contribution < -0.4 is 10.2 Å². The van der Waals surface area contributed by atoms with E-state index >= 15 is 0 Å². The maximum absolute atomic E-state index is 12.9. The second kappa shape index (κ2) is 10.0. The Hall–Kier alpha value is -2.66. The monoisotopic (exact) mass is 382 g/mol. The standard InChI is InChI=1S/C23H31N3O2/c1-6-26(15-20-13-8-7-9-14-20)23(28)19(4)25(5)16-21(27)24-22-17(2)11-10-12-18(22)3/h7-14,19H,6,15-16H2,1-5H3,(H,24,27)/p+1/t19-/m0/s1. The average molecular weight is 383 g/mol. The van der Waals surface area contributed by atoms with Gasteiger partial charge in [0.25, 0.3) is 11.8 Å². The summed E-state index contributed by atoms with van der Waals surface area (Å²) in [7, 11) is 1.89. The Balaban J connectivity index is 1.97. The minimum Gasteiger partial charge on any atom is -0.334 e. The zero-order valence-corrected chi connectivity index (χ0v) is 17.6. The number of quaternary nitrogens is 1. The molecule has 150 valence electrons. The number of benzene rings is 2. The zero-order chi connectivity index (χ0) is 20.7. The fourth-order valence-electron chi connectivity index (χ4n) is 3.24. The summed E-state index contributed by atoms with van der Waals surface area (Å²) in [6, 6.07) is 15.6. The Morgan fingerprint density at radius 2 is 1.64 bits per heavy atom. The number of para-hydroxylation sites is 1. The van der Waals surface area contributed by atoms with E-state index in [2.05, 4.69) is 5.32 Å². The predicted molar refractivity (Wildman–Crippen MR) is 113 cm³/mol. The van der Waals surface area contributed by atoms with Crippen LogP contribution in [-0.2, 0) is 16.1 Å². The Labute approximate surface area is 168 Å². The summed E-state index contributed by atoms with van der Waals surface area (Å²) >= 11 is 0. The van der Waals surface area contributed by atoms with Crippen molar-refractivity contribution in [3.63, 3.8) is 0 Å². The van der Waals surface area contributed by atoms with E-state index in [0.717, 1.165) is 27.3 Å². The molecule has 0 aliphatic heterocycles. The second-order valence-corrected chi connectivity index (χ2v) is 7.40. The molecule has 0 saturated carbocycles. The van der Waals surface area contributed by atoms with Gasteiger partial charge in [0.15, 0.2) is 12.6 Å². The highest BCUT2D eigenvalue weighted by Gasteiger charge is 2.28. The van der Waals surface area contributed by atoms with Gasteiger partial charge < -0.3 is 15.1 Å². The summed E-state index contributed by atoms with van der Waals surface area (Å²) in [6.07, 6.45) is 0. The minimum absolute atomic E-state index is 0.0590. The van der Waals surface area contributed by atoms with Crippen molar-refractivity contribution < 1.29 is 14.5 Å². The van der Waals surface area contributed by atoms with Gasteiger partial charge in [0.05, 0.1) is 7.05 Å². The van der Waals surface area contributed by atoms with Crippen molar-refractivity contribution in [1.82, 2.24) is 4.90 Å². The number of rotatable bonds is 8. The molecular weight excluding hydrogens is 350 g/mol. The summed E-state index contributed by atoms with van der Waals surface area (Å²) in [5.41, 5.74) is 4.04. The maximum Gasteiger partial charge on any atom is 0.280 e. The van der Waals surface area contributed by atoms with Crippen LogP contribution in [0.2, 0.25) is 0 Å². The molecule has 0 spiro atoms. The lowest BCUT2D eigenvalue weighted by Gasteiger charge is -2.27. The van der Waals surface area contributed by atoms with Crippen LogP contribution in [0.5, 0.6) is 0 Å². The Kier molecular flexibility index (Phi) is 7.76. The van der Waals surface area contributed by atoms with E-state index in [1.54, 1.807) is 0 Å². The summed E-state index contributed by atoms with van der Waals surface area (Å²) in [5, 5.41) is 3.00. The molecule has 28 heavy (non-hydrogen) atoms. The van der Waals surface area contributed by atoms with Gasteiger partial charge in [0.1, 0.15) is 0 Å². The number of amides is 2. The molecule has 0 aliphatic rings. The smallest absolute Gasteiger partial charge is 0.280 e. The molecule has 0 saturated heterocycles. The maximum atomic E-state index is 12.9. The van der Waals surface area contributed by atoms with E-state index in [1.807, 2.05) is 88.2 Å². The molecule has 5 heteroatoms. The highest BCUT2D eigenvalue weighted by molar-refractivity contribution is 5.93. The first-order chi connectivity index (χ1) is 13.3. The van der Waals surface area contributed by atoms with Gasteiger partial charge in [-0.15, -0.1) is 0 Å². The molecule has 2 N–H and O–H groups in total. The van der Waals surface area contributed by atoms with Gasteiger partial charge in [-0.2, -0.15) is 0 Å². The first-order valence-electron chi connectivity index (χ1n) is 9.84. The number of nitrogens with zero attached hydrogens (tertiary/aromatic N) is 1. The van der Waals surface area contributed by atoms with Gasteiger partial charge in [-0.3, -0.25) is 9.59 Å². The van der Waals surface area contributed by atoms with Crippen LogP contribution in [0.15, 0.2) is 48.5 Å². The number of likely N-dealkylation sites (N-methyl/N-ethyl adjacent to an activating group) is 2. The van der Waals surface area contributed by atoms with Crippen LogP contribution in [0.25, 0.3) is 0 Å². The van der Waals surface area contributed by atoms with E-state index < -0.39 is 0 Å². The van der Waals surface area contributed by atoms with Gasteiger partial charge in [-0.05, 0) is 44.4 Å². The average Bonchev–Trinajstić information content (AvgIpc) is 2.68. The van der Waals surface area contributed by atoms with Crippen LogP contribution in [0.4, 0.5) is 5.69 Å². The van der Waals surface area contributed by atoms with Crippen LogP contribution in [0, 0.1) is 13.8 Å². The lowest BCUT2D eigenvalue weighted by atomic mass is 10.1. The lowest BCUT2D eigenvalue weighted by Crippen LogP contribution is -3.15. The molecule has 2 aromatic carbocycles. The topological polar surface area (TPSA) is 53.9 Å². The summed E-state index contributed by atoms with van der Waals surface area (Å²) < 4.78 is 0. The van der Waals surface area contributed by atoms with E-state index in [0.29, 0.717) is 13.1 Å². The highest BCUT2D eigenvalue weighted by Crippen LogP contribution is 2.18. The number of carbonyl (C=O) groups is 2. The minimum atomic E-state index is -0.299. The Bertz CT molecular complexity index is 784.